The molecule has 57 heavy (non-hydrogen) atoms. The fraction of sp³-hybridized carbons (Fsp3) is 0.938. The molecule has 0 aromatic carbocycles. The molecule has 1 amide bonds. The monoisotopic (exact) mass is 812 g/mol. The molecule has 0 radical (unpaired) electrons. The Morgan fingerprint density at radius 1 is 0.579 bits per heavy atom. The number of amides is 1. The van der Waals surface area contributed by atoms with Gasteiger partial charge in [-0.1, -0.05) is 219 Å². The number of allylic oxidation sites excluding steroid dienone is 1. The molecule has 6 N–H and O–H groups in total. The number of carbonyl (C=O) groups is 1. The topological polar surface area (TPSA) is 149 Å². The lowest BCUT2D eigenvalue weighted by Crippen LogP contribution is -2.60. The van der Waals surface area contributed by atoms with Crippen molar-refractivity contribution in [1.29, 1.82) is 0 Å². The minimum absolute atomic E-state index is 0.176. The predicted molar refractivity (Wildman–Crippen MR) is 235 cm³/mol. The molecule has 9 nitrogen and oxygen atoms in total. The molecule has 0 aromatic heterocycles. The van der Waals surface area contributed by atoms with E-state index in [1.807, 2.05) is 6.08 Å². The third-order valence-electron chi connectivity index (χ3n) is 11.9. The van der Waals surface area contributed by atoms with Crippen molar-refractivity contribution in [3.8, 4) is 0 Å². The highest BCUT2D eigenvalue weighted by atomic mass is 16.7. The van der Waals surface area contributed by atoms with Gasteiger partial charge >= 0.3 is 0 Å². The van der Waals surface area contributed by atoms with Crippen LogP contribution in [0.4, 0.5) is 0 Å². The summed E-state index contributed by atoms with van der Waals surface area (Å²) in [6, 6.07) is -0.798. The zero-order valence-corrected chi connectivity index (χ0v) is 37.1. The highest BCUT2D eigenvalue weighted by molar-refractivity contribution is 5.76. The van der Waals surface area contributed by atoms with Crippen molar-refractivity contribution in [2.45, 2.75) is 275 Å². The summed E-state index contributed by atoms with van der Waals surface area (Å²) in [7, 11) is 0. The maximum absolute atomic E-state index is 12.9. The Hall–Kier alpha value is -1.07. The average molecular weight is 812 g/mol. The van der Waals surface area contributed by atoms with Crippen LogP contribution in [0.5, 0.6) is 0 Å². The fourth-order valence-electron chi connectivity index (χ4n) is 7.92. The van der Waals surface area contributed by atoms with E-state index in [2.05, 4.69) is 19.2 Å². The summed E-state index contributed by atoms with van der Waals surface area (Å²) in [5.74, 6) is -0.176. The van der Waals surface area contributed by atoms with Crippen molar-refractivity contribution in [3.63, 3.8) is 0 Å². The number of rotatable bonds is 41. The molecule has 1 heterocycles. The first kappa shape index (κ1) is 53.9. The average Bonchev–Trinajstić information content (AvgIpc) is 3.21. The second-order valence-electron chi connectivity index (χ2n) is 17.3. The van der Waals surface area contributed by atoms with Crippen LogP contribution >= 0.6 is 0 Å². The summed E-state index contributed by atoms with van der Waals surface area (Å²) in [6.45, 7) is 3.78. The highest BCUT2D eigenvalue weighted by Gasteiger charge is 2.44. The van der Waals surface area contributed by atoms with Gasteiger partial charge in [0.15, 0.2) is 6.29 Å². The Balaban J connectivity index is 2.26. The van der Waals surface area contributed by atoms with Gasteiger partial charge in [-0.2, -0.15) is 0 Å². The lowest BCUT2D eigenvalue weighted by molar-refractivity contribution is -0.302. The standard InChI is InChI=1S/C48H93NO8/c1-3-5-7-9-11-13-15-16-17-18-19-20-21-22-23-24-25-26-28-29-31-33-35-37-42(51)41(40-56-48-47(55)46(54)45(53)43(39-50)57-48)49-44(52)38-36-34-32-30-27-14-12-10-8-6-4-2/h35,37,41-43,45-48,50-51,53-55H,3-34,36,38-40H2,1-2H3,(H,49,52)/b37-35+. The number of carbonyl (C=O) groups excluding carboxylic acids is 1. The lowest BCUT2D eigenvalue weighted by Gasteiger charge is -2.40. The smallest absolute Gasteiger partial charge is 0.220 e. The molecule has 1 aliphatic heterocycles. The molecule has 9 heteroatoms. The summed E-state index contributed by atoms with van der Waals surface area (Å²) in [6.07, 6.45) is 38.4. The van der Waals surface area contributed by atoms with E-state index in [1.165, 1.54) is 173 Å². The largest absolute Gasteiger partial charge is 0.394 e. The fourth-order valence-corrected chi connectivity index (χ4v) is 7.92. The molecule has 0 bridgehead atoms. The molecule has 1 aliphatic rings. The normalized spacial score (nSPS) is 21.0. The van der Waals surface area contributed by atoms with Crippen LogP contribution < -0.4 is 5.32 Å². The third-order valence-corrected chi connectivity index (χ3v) is 11.9. The van der Waals surface area contributed by atoms with Gasteiger partial charge in [-0.15, -0.1) is 0 Å². The second-order valence-corrected chi connectivity index (χ2v) is 17.3. The highest BCUT2D eigenvalue weighted by Crippen LogP contribution is 2.23. The molecule has 1 fully saturated rings. The van der Waals surface area contributed by atoms with Gasteiger partial charge < -0.3 is 40.3 Å². The first-order valence-electron chi connectivity index (χ1n) is 24.4. The lowest BCUT2D eigenvalue weighted by atomic mass is 9.99. The van der Waals surface area contributed by atoms with Crippen molar-refractivity contribution in [3.05, 3.63) is 12.2 Å². The van der Waals surface area contributed by atoms with Gasteiger partial charge in [-0.3, -0.25) is 4.79 Å². The van der Waals surface area contributed by atoms with Gasteiger partial charge in [-0.05, 0) is 19.3 Å². The number of ether oxygens (including phenoxy) is 2. The number of aliphatic hydroxyl groups excluding tert-OH is 5. The van der Waals surface area contributed by atoms with Crippen LogP contribution in [0.2, 0.25) is 0 Å². The van der Waals surface area contributed by atoms with Gasteiger partial charge in [0.05, 0.1) is 25.4 Å². The van der Waals surface area contributed by atoms with E-state index in [1.54, 1.807) is 6.08 Å². The molecule has 1 saturated heterocycles. The van der Waals surface area contributed by atoms with Crippen molar-refractivity contribution in [2.75, 3.05) is 13.2 Å². The van der Waals surface area contributed by atoms with Crippen molar-refractivity contribution < 1.29 is 39.8 Å². The number of nitrogens with one attached hydrogen (secondary N) is 1. The molecule has 7 atom stereocenters. The summed E-state index contributed by atoms with van der Waals surface area (Å²) in [4.78, 5) is 12.9. The Kier molecular flexibility index (Phi) is 37.0. The maximum atomic E-state index is 12.9. The van der Waals surface area contributed by atoms with E-state index in [-0.39, 0.29) is 12.5 Å². The maximum Gasteiger partial charge on any atom is 0.220 e. The zero-order valence-electron chi connectivity index (χ0n) is 37.1. The first-order valence-corrected chi connectivity index (χ1v) is 24.4. The van der Waals surface area contributed by atoms with Crippen LogP contribution in [0.3, 0.4) is 0 Å². The van der Waals surface area contributed by atoms with Crippen molar-refractivity contribution in [2.24, 2.45) is 0 Å². The summed E-state index contributed by atoms with van der Waals surface area (Å²) in [5.41, 5.74) is 0. The van der Waals surface area contributed by atoms with E-state index in [4.69, 9.17) is 9.47 Å². The number of aliphatic hydroxyl groups is 5. The SMILES string of the molecule is CCCCCCCCCCCCCCCCCCCCCCC/C=C/C(O)C(COC1OC(CO)C(O)C(O)C1O)NC(=O)CCCCCCCCCCCCC. The van der Waals surface area contributed by atoms with Crippen LogP contribution in [-0.2, 0) is 14.3 Å². The minimum atomic E-state index is -1.56. The van der Waals surface area contributed by atoms with Crippen LogP contribution in [-0.4, -0.2) is 87.5 Å². The molecule has 0 spiro atoms. The van der Waals surface area contributed by atoms with Crippen molar-refractivity contribution in [1.82, 2.24) is 5.32 Å². The zero-order chi connectivity index (χ0) is 41.6. The minimum Gasteiger partial charge on any atom is -0.394 e. The molecule has 0 aliphatic carbocycles. The second kappa shape index (κ2) is 39.1. The Labute approximate surface area is 350 Å². The van der Waals surface area contributed by atoms with Gasteiger partial charge in [0.25, 0.3) is 0 Å². The third kappa shape index (κ3) is 29.7. The Morgan fingerprint density at radius 3 is 1.37 bits per heavy atom. The summed E-state index contributed by atoms with van der Waals surface area (Å²) < 4.78 is 11.2. The Bertz CT molecular complexity index is 904. The van der Waals surface area contributed by atoms with E-state index >= 15 is 0 Å². The number of hydrogen-bond acceptors (Lipinski definition) is 8. The van der Waals surface area contributed by atoms with Crippen LogP contribution in [0.25, 0.3) is 0 Å². The van der Waals surface area contributed by atoms with E-state index in [0.717, 1.165) is 38.5 Å². The Morgan fingerprint density at radius 2 is 0.965 bits per heavy atom. The number of unbranched alkanes of at least 4 members (excludes halogenated alkanes) is 31. The van der Waals surface area contributed by atoms with Crippen LogP contribution in [0, 0.1) is 0 Å². The van der Waals surface area contributed by atoms with Gasteiger partial charge in [0.2, 0.25) is 5.91 Å². The summed E-state index contributed by atoms with van der Waals surface area (Å²) >= 11 is 0. The molecule has 338 valence electrons. The van der Waals surface area contributed by atoms with Crippen LogP contribution in [0.1, 0.15) is 232 Å². The van der Waals surface area contributed by atoms with Crippen LogP contribution in [0.15, 0.2) is 12.2 Å². The molecular formula is C48H93NO8. The van der Waals surface area contributed by atoms with Crippen molar-refractivity contribution >= 4 is 5.91 Å². The van der Waals surface area contributed by atoms with E-state index in [0.29, 0.717) is 6.42 Å². The molecule has 0 saturated carbocycles. The number of hydrogen-bond donors (Lipinski definition) is 6. The first-order chi connectivity index (χ1) is 27.8. The summed E-state index contributed by atoms with van der Waals surface area (Å²) in [5, 5.41) is 54.2. The molecule has 1 rings (SSSR count). The predicted octanol–water partition coefficient (Wildman–Crippen LogP) is 10.5. The molecule has 0 aromatic rings. The quantitative estimate of drug-likeness (QED) is 0.0264. The van der Waals surface area contributed by atoms with E-state index < -0.39 is 49.5 Å². The van der Waals surface area contributed by atoms with Gasteiger partial charge in [0, 0.05) is 6.42 Å². The van der Waals surface area contributed by atoms with E-state index in [9.17, 15) is 30.3 Å². The molecule has 7 unspecified atom stereocenters. The van der Waals surface area contributed by atoms with Gasteiger partial charge in [-0.25, -0.2) is 0 Å². The van der Waals surface area contributed by atoms with Gasteiger partial charge in [0.1, 0.15) is 24.4 Å². The molecular weight excluding hydrogens is 719 g/mol.